The Bertz CT molecular complexity index is 691. The van der Waals surface area contributed by atoms with Crippen LogP contribution in [0, 0.1) is 5.82 Å². The Balaban J connectivity index is 2.31. The molecule has 0 atom stereocenters. The minimum absolute atomic E-state index is 0.258. The summed E-state index contributed by atoms with van der Waals surface area (Å²) in [5, 5.41) is 5.21. The molecular formula is C13H8BrFN2. The van der Waals surface area contributed by atoms with Gasteiger partial charge in [-0.05, 0) is 40.2 Å². The van der Waals surface area contributed by atoms with Gasteiger partial charge in [0.25, 0.3) is 0 Å². The second kappa shape index (κ2) is 3.96. The summed E-state index contributed by atoms with van der Waals surface area (Å²) in [5.74, 6) is -0.258. The van der Waals surface area contributed by atoms with Crippen molar-refractivity contribution in [3.63, 3.8) is 0 Å². The van der Waals surface area contributed by atoms with Crippen LogP contribution in [-0.2, 0) is 0 Å². The molecule has 1 aromatic heterocycles. The molecule has 0 amide bonds. The molecule has 0 bridgehead atoms. The first-order valence-electron chi connectivity index (χ1n) is 5.14. The van der Waals surface area contributed by atoms with Crippen molar-refractivity contribution in [1.29, 1.82) is 0 Å². The van der Waals surface area contributed by atoms with Gasteiger partial charge in [-0.3, -0.25) is 0 Å². The van der Waals surface area contributed by atoms with E-state index in [1.165, 1.54) is 12.1 Å². The first-order chi connectivity index (χ1) is 8.25. The number of hydrogen-bond acceptors (Lipinski definition) is 1. The van der Waals surface area contributed by atoms with Crippen molar-refractivity contribution in [2.24, 2.45) is 0 Å². The highest BCUT2D eigenvalue weighted by Crippen LogP contribution is 2.24. The Hall–Kier alpha value is -1.68. The molecule has 1 heterocycles. The first-order valence-corrected chi connectivity index (χ1v) is 5.93. The van der Waals surface area contributed by atoms with Crippen molar-refractivity contribution >= 4 is 26.8 Å². The number of nitrogens with zero attached hydrogens (tertiary/aromatic N) is 2. The molecule has 0 saturated carbocycles. The second-order valence-corrected chi connectivity index (χ2v) is 4.57. The fourth-order valence-corrected chi connectivity index (χ4v) is 2.26. The summed E-state index contributed by atoms with van der Waals surface area (Å²) >= 11 is 3.47. The molecule has 3 aromatic rings. The smallest absolute Gasteiger partial charge is 0.125 e. The lowest BCUT2D eigenvalue weighted by molar-refractivity contribution is 0.629. The van der Waals surface area contributed by atoms with Gasteiger partial charge in [-0.2, -0.15) is 5.10 Å². The molecule has 3 rings (SSSR count). The fraction of sp³-hybridized carbons (Fsp3) is 0. The molecule has 0 N–H and O–H groups in total. The number of para-hydroxylation sites is 1. The fourth-order valence-electron chi connectivity index (χ4n) is 1.81. The predicted octanol–water partition coefficient (Wildman–Crippen LogP) is 3.93. The van der Waals surface area contributed by atoms with Gasteiger partial charge in [0.05, 0.1) is 17.4 Å². The van der Waals surface area contributed by atoms with Crippen LogP contribution in [0.5, 0.6) is 0 Å². The van der Waals surface area contributed by atoms with E-state index in [1.54, 1.807) is 16.9 Å². The third-order valence-electron chi connectivity index (χ3n) is 2.61. The molecule has 84 valence electrons. The molecule has 4 heteroatoms. The summed E-state index contributed by atoms with van der Waals surface area (Å²) in [4.78, 5) is 0. The van der Waals surface area contributed by atoms with Gasteiger partial charge in [-0.1, -0.05) is 12.1 Å². The highest BCUT2D eigenvalue weighted by molar-refractivity contribution is 9.10. The Morgan fingerprint density at radius 1 is 1.12 bits per heavy atom. The monoisotopic (exact) mass is 290 g/mol. The van der Waals surface area contributed by atoms with Gasteiger partial charge in [0.15, 0.2) is 0 Å². The molecule has 0 aliphatic heterocycles. The number of halogens is 2. The second-order valence-electron chi connectivity index (χ2n) is 3.71. The molecule has 0 radical (unpaired) electrons. The minimum Gasteiger partial charge on any atom is -0.232 e. The van der Waals surface area contributed by atoms with E-state index in [-0.39, 0.29) is 5.82 Å². The van der Waals surface area contributed by atoms with Crippen molar-refractivity contribution in [2.75, 3.05) is 0 Å². The lowest BCUT2D eigenvalue weighted by atomic mass is 10.2. The molecule has 17 heavy (non-hydrogen) atoms. The highest BCUT2D eigenvalue weighted by atomic mass is 79.9. The van der Waals surface area contributed by atoms with Crippen LogP contribution in [0.4, 0.5) is 4.39 Å². The average molecular weight is 291 g/mol. The summed E-state index contributed by atoms with van der Waals surface area (Å²) in [6.07, 6.45) is 1.73. The van der Waals surface area contributed by atoms with Crippen molar-refractivity contribution in [1.82, 2.24) is 9.78 Å². The van der Waals surface area contributed by atoms with Gasteiger partial charge in [0, 0.05) is 15.9 Å². The van der Waals surface area contributed by atoms with Gasteiger partial charge < -0.3 is 0 Å². The van der Waals surface area contributed by atoms with E-state index in [0.717, 1.165) is 21.1 Å². The maximum absolute atomic E-state index is 13.3. The van der Waals surface area contributed by atoms with Crippen LogP contribution in [-0.4, -0.2) is 9.78 Å². The summed E-state index contributed by atoms with van der Waals surface area (Å²) in [6, 6.07) is 12.4. The van der Waals surface area contributed by atoms with Crippen LogP contribution in [0.15, 0.2) is 53.1 Å². The Morgan fingerprint density at radius 3 is 2.76 bits per heavy atom. The SMILES string of the molecule is Fc1ccc2cnn(-c3ccccc3Br)c2c1. The van der Waals surface area contributed by atoms with Crippen LogP contribution in [0.1, 0.15) is 0 Å². The molecule has 0 unspecified atom stereocenters. The summed E-state index contributed by atoms with van der Waals surface area (Å²) in [7, 11) is 0. The molecule has 0 saturated heterocycles. The molecule has 2 nitrogen and oxygen atoms in total. The Morgan fingerprint density at radius 2 is 1.94 bits per heavy atom. The number of aromatic nitrogens is 2. The molecule has 0 aliphatic rings. The molecule has 0 spiro atoms. The lowest BCUT2D eigenvalue weighted by Crippen LogP contribution is -1.96. The van der Waals surface area contributed by atoms with Gasteiger partial charge >= 0.3 is 0 Å². The number of fused-ring (bicyclic) bond motifs is 1. The molecule has 2 aromatic carbocycles. The number of benzene rings is 2. The highest BCUT2D eigenvalue weighted by Gasteiger charge is 2.07. The van der Waals surface area contributed by atoms with E-state index >= 15 is 0 Å². The van der Waals surface area contributed by atoms with Gasteiger partial charge in [0.2, 0.25) is 0 Å². The van der Waals surface area contributed by atoms with Gasteiger partial charge in [0.1, 0.15) is 5.82 Å². The van der Waals surface area contributed by atoms with Crippen LogP contribution in [0.2, 0.25) is 0 Å². The number of rotatable bonds is 1. The van der Waals surface area contributed by atoms with Crippen molar-refractivity contribution in [3.8, 4) is 5.69 Å². The zero-order chi connectivity index (χ0) is 11.8. The maximum atomic E-state index is 13.3. The molecule has 0 fully saturated rings. The van der Waals surface area contributed by atoms with Crippen molar-refractivity contribution in [3.05, 3.63) is 59.0 Å². The zero-order valence-corrected chi connectivity index (χ0v) is 10.4. The largest absolute Gasteiger partial charge is 0.232 e. The topological polar surface area (TPSA) is 17.8 Å². The van der Waals surface area contributed by atoms with E-state index in [9.17, 15) is 4.39 Å². The Labute approximate surface area is 106 Å². The first kappa shape index (κ1) is 10.5. The molecule has 0 aliphatic carbocycles. The average Bonchev–Trinajstić information content (AvgIpc) is 2.72. The maximum Gasteiger partial charge on any atom is 0.125 e. The lowest BCUT2D eigenvalue weighted by Gasteiger charge is -2.05. The predicted molar refractivity (Wildman–Crippen MR) is 68.7 cm³/mol. The normalized spacial score (nSPS) is 10.9. The van der Waals surface area contributed by atoms with Crippen molar-refractivity contribution in [2.45, 2.75) is 0 Å². The third-order valence-corrected chi connectivity index (χ3v) is 3.28. The van der Waals surface area contributed by atoms with Crippen LogP contribution < -0.4 is 0 Å². The van der Waals surface area contributed by atoms with Crippen LogP contribution in [0.3, 0.4) is 0 Å². The quantitative estimate of drug-likeness (QED) is 0.664. The van der Waals surface area contributed by atoms with Crippen LogP contribution >= 0.6 is 15.9 Å². The molecular weight excluding hydrogens is 283 g/mol. The van der Waals surface area contributed by atoms with Crippen LogP contribution in [0.25, 0.3) is 16.6 Å². The summed E-state index contributed by atoms with van der Waals surface area (Å²) in [6.45, 7) is 0. The van der Waals surface area contributed by atoms with E-state index in [2.05, 4.69) is 21.0 Å². The Kier molecular flexibility index (Phi) is 2.44. The van der Waals surface area contributed by atoms with E-state index in [0.29, 0.717) is 0 Å². The van der Waals surface area contributed by atoms with Gasteiger partial charge in [-0.25, -0.2) is 9.07 Å². The summed E-state index contributed by atoms with van der Waals surface area (Å²) in [5.41, 5.74) is 1.66. The zero-order valence-electron chi connectivity index (χ0n) is 8.77. The van der Waals surface area contributed by atoms with Gasteiger partial charge in [-0.15, -0.1) is 0 Å². The van der Waals surface area contributed by atoms with E-state index < -0.39 is 0 Å². The summed E-state index contributed by atoms with van der Waals surface area (Å²) < 4.78 is 15.9. The minimum atomic E-state index is -0.258. The van der Waals surface area contributed by atoms with E-state index in [1.807, 2.05) is 24.3 Å². The van der Waals surface area contributed by atoms with Crippen molar-refractivity contribution < 1.29 is 4.39 Å². The third kappa shape index (κ3) is 1.74. The number of hydrogen-bond donors (Lipinski definition) is 0. The van der Waals surface area contributed by atoms with E-state index in [4.69, 9.17) is 0 Å². The standard InChI is InChI=1S/C13H8BrFN2/c14-11-3-1-2-4-12(11)17-13-7-10(15)6-5-9(13)8-16-17/h1-8H.